The number of rotatable bonds is 5. The van der Waals surface area contributed by atoms with Gasteiger partial charge in [-0.2, -0.15) is 5.10 Å². The van der Waals surface area contributed by atoms with Crippen LogP contribution in [-0.2, 0) is 29.7 Å². The molecule has 7 nitrogen and oxygen atoms in total. The average Bonchev–Trinajstić information content (AvgIpc) is 3.33. The second-order valence-corrected chi connectivity index (χ2v) is 9.11. The lowest BCUT2D eigenvalue weighted by Gasteiger charge is -2.48. The molecule has 0 saturated carbocycles. The van der Waals surface area contributed by atoms with E-state index in [1.165, 1.54) is 5.56 Å². The summed E-state index contributed by atoms with van der Waals surface area (Å²) in [5.74, 6) is -0.00267. The Kier molecular flexibility index (Phi) is 5.82. The molecule has 0 radical (unpaired) electrons. The summed E-state index contributed by atoms with van der Waals surface area (Å²) in [5, 5.41) is 9.33. The molecule has 1 spiro atoms. The highest BCUT2D eigenvalue weighted by molar-refractivity contribution is 7.09. The molecule has 0 aliphatic carbocycles. The highest BCUT2D eigenvalue weighted by atomic mass is 32.1. The standard InChI is InChI=1S/C20H29N5O2S/c1-23-14-18(19(26)21-11-17-4-3-9-28-17)27-20(15-23)5-7-25(8-6-20)13-16-10-22-24(2)12-16/h3-4,9-10,12,18H,5-8,11,13-15H2,1-2H3,(H,21,26)/t18-/m0/s1. The Morgan fingerprint density at radius 1 is 1.39 bits per heavy atom. The van der Waals surface area contributed by atoms with Crippen LogP contribution in [-0.4, -0.2) is 70.4 Å². The fourth-order valence-corrected chi connectivity index (χ4v) is 4.90. The Bertz CT molecular complexity index is 782. The Morgan fingerprint density at radius 2 is 2.21 bits per heavy atom. The molecule has 4 heterocycles. The van der Waals surface area contributed by atoms with Crippen LogP contribution in [0.5, 0.6) is 0 Å². The van der Waals surface area contributed by atoms with Crippen molar-refractivity contribution >= 4 is 17.2 Å². The third kappa shape index (κ3) is 4.63. The smallest absolute Gasteiger partial charge is 0.250 e. The third-order valence-corrected chi connectivity index (χ3v) is 6.55. The molecule has 1 N–H and O–H groups in total. The number of likely N-dealkylation sites (tertiary alicyclic amines) is 1. The van der Waals surface area contributed by atoms with Gasteiger partial charge in [-0.25, -0.2) is 0 Å². The van der Waals surface area contributed by atoms with Crippen molar-refractivity contribution in [3.05, 3.63) is 40.3 Å². The van der Waals surface area contributed by atoms with Gasteiger partial charge in [-0.15, -0.1) is 11.3 Å². The minimum atomic E-state index is -0.399. The van der Waals surface area contributed by atoms with Crippen LogP contribution in [0.1, 0.15) is 23.3 Å². The van der Waals surface area contributed by atoms with E-state index in [0.29, 0.717) is 13.1 Å². The number of ether oxygens (including phenoxy) is 1. The number of carbonyl (C=O) groups is 1. The largest absolute Gasteiger partial charge is 0.359 e. The molecule has 0 aromatic carbocycles. The van der Waals surface area contributed by atoms with Crippen molar-refractivity contribution in [2.45, 2.75) is 37.6 Å². The summed E-state index contributed by atoms with van der Waals surface area (Å²) in [6.45, 7) is 4.99. The van der Waals surface area contributed by atoms with E-state index < -0.39 is 6.10 Å². The van der Waals surface area contributed by atoms with Crippen LogP contribution in [0.3, 0.4) is 0 Å². The number of piperidine rings is 1. The number of hydrogen-bond donors (Lipinski definition) is 1. The first-order chi connectivity index (χ1) is 13.5. The lowest BCUT2D eigenvalue weighted by atomic mass is 9.88. The number of hydrogen-bond acceptors (Lipinski definition) is 6. The molecule has 1 atom stereocenters. The summed E-state index contributed by atoms with van der Waals surface area (Å²) in [4.78, 5) is 18.6. The van der Waals surface area contributed by atoms with Crippen molar-refractivity contribution in [1.29, 1.82) is 0 Å². The number of amides is 1. The molecule has 8 heteroatoms. The van der Waals surface area contributed by atoms with Gasteiger partial charge in [0.1, 0.15) is 6.10 Å². The minimum absolute atomic E-state index is 0.00267. The zero-order valence-corrected chi connectivity index (χ0v) is 17.5. The van der Waals surface area contributed by atoms with Gasteiger partial charge in [0, 0.05) is 56.4 Å². The molecular weight excluding hydrogens is 374 g/mol. The van der Waals surface area contributed by atoms with Crippen molar-refractivity contribution in [3.8, 4) is 0 Å². The summed E-state index contributed by atoms with van der Waals surface area (Å²) in [6, 6.07) is 4.05. The minimum Gasteiger partial charge on any atom is -0.359 e. The van der Waals surface area contributed by atoms with E-state index in [9.17, 15) is 4.79 Å². The van der Waals surface area contributed by atoms with Crippen molar-refractivity contribution in [2.24, 2.45) is 7.05 Å². The number of nitrogens with zero attached hydrogens (tertiary/aromatic N) is 4. The van der Waals surface area contributed by atoms with Gasteiger partial charge >= 0.3 is 0 Å². The first-order valence-electron chi connectivity index (χ1n) is 9.88. The molecule has 2 aliphatic rings. The van der Waals surface area contributed by atoms with E-state index >= 15 is 0 Å². The predicted molar refractivity (Wildman–Crippen MR) is 109 cm³/mol. The Hall–Kier alpha value is -1.74. The van der Waals surface area contributed by atoms with Gasteiger partial charge in [-0.1, -0.05) is 6.07 Å². The van der Waals surface area contributed by atoms with E-state index in [2.05, 4.69) is 33.5 Å². The molecule has 2 saturated heterocycles. The summed E-state index contributed by atoms with van der Waals surface area (Å²) in [7, 11) is 4.04. The normalized spacial score (nSPS) is 23.1. The summed E-state index contributed by atoms with van der Waals surface area (Å²) >= 11 is 1.66. The highest BCUT2D eigenvalue weighted by Crippen LogP contribution is 2.32. The van der Waals surface area contributed by atoms with E-state index in [0.717, 1.165) is 43.9 Å². The molecule has 2 aliphatic heterocycles. The van der Waals surface area contributed by atoms with Crippen LogP contribution in [0.2, 0.25) is 0 Å². The first kappa shape index (κ1) is 19.6. The quantitative estimate of drug-likeness (QED) is 0.819. The molecular formula is C20H29N5O2S. The average molecular weight is 404 g/mol. The zero-order chi connectivity index (χ0) is 19.6. The topological polar surface area (TPSA) is 62.6 Å². The number of likely N-dealkylation sites (N-methyl/N-ethyl adjacent to an activating group) is 1. The Labute approximate surface area is 170 Å². The fraction of sp³-hybridized carbons (Fsp3) is 0.600. The second kappa shape index (κ2) is 8.32. The van der Waals surface area contributed by atoms with Crippen LogP contribution in [0.15, 0.2) is 29.9 Å². The van der Waals surface area contributed by atoms with Crippen LogP contribution in [0, 0.1) is 0 Å². The second-order valence-electron chi connectivity index (χ2n) is 8.08. The van der Waals surface area contributed by atoms with Crippen LogP contribution in [0.25, 0.3) is 0 Å². The highest BCUT2D eigenvalue weighted by Gasteiger charge is 2.44. The number of carbonyl (C=O) groups excluding carboxylic acids is 1. The van der Waals surface area contributed by atoms with E-state index in [1.807, 2.05) is 35.4 Å². The number of morpholine rings is 1. The van der Waals surface area contributed by atoms with Gasteiger partial charge in [-0.05, 0) is 31.3 Å². The van der Waals surface area contributed by atoms with Gasteiger partial charge < -0.3 is 15.0 Å². The fourth-order valence-electron chi connectivity index (χ4n) is 4.26. The predicted octanol–water partition coefficient (Wildman–Crippen LogP) is 1.46. The molecule has 1 amide bonds. The molecule has 2 aromatic heterocycles. The van der Waals surface area contributed by atoms with Gasteiger partial charge in [0.05, 0.1) is 18.3 Å². The first-order valence-corrected chi connectivity index (χ1v) is 10.8. The summed E-state index contributed by atoms with van der Waals surface area (Å²) in [5.41, 5.74) is 1.02. The van der Waals surface area contributed by atoms with Crippen LogP contribution >= 0.6 is 11.3 Å². The number of aromatic nitrogens is 2. The lowest BCUT2D eigenvalue weighted by Crippen LogP contribution is -2.61. The van der Waals surface area contributed by atoms with Gasteiger partial charge in [-0.3, -0.25) is 14.4 Å². The SMILES string of the molecule is CN1C[C@@H](C(=O)NCc2cccs2)OC2(CCN(Cc3cnn(C)c3)CC2)C1. The van der Waals surface area contributed by atoms with E-state index in [-0.39, 0.29) is 11.5 Å². The van der Waals surface area contributed by atoms with Crippen LogP contribution in [0.4, 0.5) is 0 Å². The lowest BCUT2D eigenvalue weighted by molar-refractivity contribution is -0.182. The zero-order valence-electron chi connectivity index (χ0n) is 16.6. The molecule has 2 fully saturated rings. The van der Waals surface area contributed by atoms with Crippen molar-refractivity contribution < 1.29 is 9.53 Å². The molecule has 152 valence electrons. The maximum atomic E-state index is 12.7. The molecule has 2 aromatic rings. The number of nitrogens with one attached hydrogen (secondary N) is 1. The van der Waals surface area contributed by atoms with Crippen molar-refractivity contribution in [2.75, 3.05) is 33.2 Å². The Balaban J connectivity index is 1.32. The molecule has 28 heavy (non-hydrogen) atoms. The third-order valence-electron chi connectivity index (χ3n) is 5.67. The van der Waals surface area contributed by atoms with Crippen LogP contribution < -0.4 is 5.32 Å². The maximum absolute atomic E-state index is 12.7. The monoisotopic (exact) mass is 403 g/mol. The number of aryl methyl sites for hydroxylation is 1. The molecule has 0 bridgehead atoms. The van der Waals surface area contributed by atoms with Gasteiger partial charge in [0.25, 0.3) is 5.91 Å². The molecule has 0 unspecified atom stereocenters. The van der Waals surface area contributed by atoms with Gasteiger partial charge in [0.15, 0.2) is 0 Å². The van der Waals surface area contributed by atoms with E-state index in [4.69, 9.17) is 4.74 Å². The summed E-state index contributed by atoms with van der Waals surface area (Å²) in [6.07, 6.45) is 5.51. The summed E-state index contributed by atoms with van der Waals surface area (Å²) < 4.78 is 8.27. The number of thiophene rings is 1. The van der Waals surface area contributed by atoms with E-state index in [1.54, 1.807) is 11.3 Å². The Morgan fingerprint density at radius 3 is 2.89 bits per heavy atom. The maximum Gasteiger partial charge on any atom is 0.250 e. The van der Waals surface area contributed by atoms with Gasteiger partial charge in [0.2, 0.25) is 0 Å². The molecule has 4 rings (SSSR count). The van der Waals surface area contributed by atoms with Crippen molar-refractivity contribution in [3.63, 3.8) is 0 Å². The van der Waals surface area contributed by atoms with Crippen molar-refractivity contribution in [1.82, 2.24) is 24.9 Å².